The Morgan fingerprint density at radius 3 is 2.95 bits per heavy atom. The standard InChI is InChI=1S/C15H18ClN5/c1-11(14-10-20(2)19-18-14)17-6-8-21-7-5-12-9-13(16)3-4-15(12)21/h3-5,7,9-11,17H,6,8H2,1-2H3. The zero-order valence-corrected chi connectivity index (χ0v) is 12.9. The van der Waals surface area contributed by atoms with E-state index in [1.807, 2.05) is 25.4 Å². The highest BCUT2D eigenvalue weighted by Crippen LogP contribution is 2.20. The van der Waals surface area contributed by atoms with E-state index in [0.717, 1.165) is 23.8 Å². The van der Waals surface area contributed by atoms with Crippen LogP contribution >= 0.6 is 11.6 Å². The minimum absolute atomic E-state index is 0.190. The Labute approximate surface area is 128 Å². The van der Waals surface area contributed by atoms with Gasteiger partial charge >= 0.3 is 0 Å². The molecule has 3 aromatic rings. The molecule has 21 heavy (non-hydrogen) atoms. The molecule has 1 unspecified atom stereocenters. The van der Waals surface area contributed by atoms with Gasteiger partial charge in [0.1, 0.15) is 0 Å². The van der Waals surface area contributed by atoms with E-state index in [1.165, 1.54) is 10.9 Å². The second-order valence-electron chi connectivity index (χ2n) is 5.21. The van der Waals surface area contributed by atoms with Crippen LogP contribution in [-0.4, -0.2) is 26.1 Å². The normalized spacial score (nSPS) is 12.9. The molecular weight excluding hydrogens is 286 g/mol. The third-order valence-corrected chi connectivity index (χ3v) is 3.84. The molecule has 0 aliphatic heterocycles. The summed E-state index contributed by atoms with van der Waals surface area (Å²) in [6.45, 7) is 3.86. The van der Waals surface area contributed by atoms with Crippen LogP contribution in [0.25, 0.3) is 10.9 Å². The van der Waals surface area contributed by atoms with Crippen LogP contribution in [0.4, 0.5) is 0 Å². The van der Waals surface area contributed by atoms with Gasteiger partial charge in [-0.3, -0.25) is 4.68 Å². The van der Waals surface area contributed by atoms with E-state index in [4.69, 9.17) is 11.6 Å². The number of halogens is 1. The van der Waals surface area contributed by atoms with E-state index < -0.39 is 0 Å². The second kappa shape index (κ2) is 5.87. The molecule has 0 amide bonds. The van der Waals surface area contributed by atoms with Crippen LogP contribution in [0, 0.1) is 0 Å². The van der Waals surface area contributed by atoms with Crippen LogP contribution in [0.5, 0.6) is 0 Å². The molecular formula is C15H18ClN5. The van der Waals surface area contributed by atoms with Gasteiger partial charge in [-0.25, -0.2) is 0 Å². The molecule has 110 valence electrons. The quantitative estimate of drug-likeness (QED) is 0.788. The van der Waals surface area contributed by atoms with Crippen molar-refractivity contribution < 1.29 is 0 Å². The lowest BCUT2D eigenvalue weighted by atomic mass is 10.2. The molecule has 2 aromatic heterocycles. The predicted molar refractivity (Wildman–Crippen MR) is 84.4 cm³/mol. The highest BCUT2D eigenvalue weighted by Gasteiger charge is 2.08. The maximum absolute atomic E-state index is 6.01. The highest BCUT2D eigenvalue weighted by molar-refractivity contribution is 6.31. The molecule has 0 aliphatic rings. The number of aromatic nitrogens is 4. The summed E-state index contributed by atoms with van der Waals surface area (Å²) in [5.41, 5.74) is 2.16. The van der Waals surface area contributed by atoms with Gasteiger partial charge in [0.15, 0.2) is 0 Å². The van der Waals surface area contributed by atoms with Crippen LogP contribution in [0.1, 0.15) is 18.7 Å². The van der Waals surface area contributed by atoms with Crippen LogP contribution in [0.2, 0.25) is 5.02 Å². The molecule has 0 aliphatic carbocycles. The number of hydrogen-bond donors (Lipinski definition) is 1. The highest BCUT2D eigenvalue weighted by atomic mass is 35.5. The van der Waals surface area contributed by atoms with Gasteiger partial charge in [0, 0.05) is 48.5 Å². The molecule has 0 spiro atoms. The van der Waals surface area contributed by atoms with E-state index in [0.29, 0.717) is 0 Å². The first-order valence-electron chi connectivity index (χ1n) is 6.97. The van der Waals surface area contributed by atoms with Crippen molar-refractivity contribution in [2.24, 2.45) is 7.05 Å². The predicted octanol–water partition coefficient (Wildman–Crippen LogP) is 2.77. The van der Waals surface area contributed by atoms with Crippen molar-refractivity contribution >= 4 is 22.5 Å². The van der Waals surface area contributed by atoms with Crippen molar-refractivity contribution in [1.82, 2.24) is 24.9 Å². The Hall–Kier alpha value is -1.85. The van der Waals surface area contributed by atoms with Gasteiger partial charge < -0.3 is 9.88 Å². The number of nitrogens with one attached hydrogen (secondary N) is 1. The molecule has 1 N–H and O–H groups in total. The zero-order chi connectivity index (χ0) is 14.8. The topological polar surface area (TPSA) is 47.7 Å². The Morgan fingerprint density at radius 2 is 2.19 bits per heavy atom. The number of rotatable bonds is 5. The average molecular weight is 304 g/mol. The van der Waals surface area contributed by atoms with Crippen molar-refractivity contribution in [3.63, 3.8) is 0 Å². The van der Waals surface area contributed by atoms with Gasteiger partial charge in [-0.15, -0.1) is 5.10 Å². The lowest BCUT2D eigenvalue weighted by Crippen LogP contribution is -2.23. The summed E-state index contributed by atoms with van der Waals surface area (Å²) in [6.07, 6.45) is 4.03. The van der Waals surface area contributed by atoms with E-state index in [1.54, 1.807) is 4.68 Å². The maximum Gasteiger partial charge on any atom is 0.0993 e. The molecule has 6 heteroatoms. The third-order valence-electron chi connectivity index (χ3n) is 3.60. The molecule has 2 heterocycles. The third kappa shape index (κ3) is 3.09. The van der Waals surface area contributed by atoms with Crippen molar-refractivity contribution in [3.05, 3.63) is 47.4 Å². The van der Waals surface area contributed by atoms with Gasteiger partial charge in [-0.2, -0.15) is 0 Å². The van der Waals surface area contributed by atoms with Crippen molar-refractivity contribution in [2.75, 3.05) is 6.54 Å². The van der Waals surface area contributed by atoms with Gasteiger partial charge in [-0.05, 0) is 31.2 Å². The Balaban J connectivity index is 1.62. The van der Waals surface area contributed by atoms with E-state index in [-0.39, 0.29) is 6.04 Å². The summed E-state index contributed by atoms with van der Waals surface area (Å²) >= 11 is 6.01. The first kappa shape index (κ1) is 14.1. The summed E-state index contributed by atoms with van der Waals surface area (Å²) in [5.74, 6) is 0. The van der Waals surface area contributed by atoms with Gasteiger partial charge in [-0.1, -0.05) is 16.8 Å². The van der Waals surface area contributed by atoms with Gasteiger partial charge in [0.05, 0.1) is 11.7 Å². The first-order valence-corrected chi connectivity index (χ1v) is 7.35. The molecule has 0 fully saturated rings. The maximum atomic E-state index is 6.01. The van der Waals surface area contributed by atoms with Crippen LogP contribution < -0.4 is 5.32 Å². The number of nitrogens with zero attached hydrogens (tertiary/aromatic N) is 4. The lowest BCUT2D eigenvalue weighted by molar-refractivity contribution is 0.527. The fourth-order valence-corrected chi connectivity index (χ4v) is 2.62. The molecule has 0 bridgehead atoms. The smallest absolute Gasteiger partial charge is 0.0993 e. The largest absolute Gasteiger partial charge is 0.346 e. The van der Waals surface area contributed by atoms with Gasteiger partial charge in [0.25, 0.3) is 0 Å². The van der Waals surface area contributed by atoms with Crippen LogP contribution in [0.15, 0.2) is 36.7 Å². The number of aryl methyl sites for hydroxylation is 1. The Morgan fingerprint density at radius 1 is 1.33 bits per heavy atom. The van der Waals surface area contributed by atoms with Crippen LogP contribution in [-0.2, 0) is 13.6 Å². The SMILES string of the molecule is CC(NCCn1ccc2cc(Cl)ccc21)c1cn(C)nn1. The van der Waals surface area contributed by atoms with Gasteiger partial charge in [0.2, 0.25) is 0 Å². The fourth-order valence-electron chi connectivity index (χ4n) is 2.44. The van der Waals surface area contributed by atoms with Crippen molar-refractivity contribution in [2.45, 2.75) is 19.5 Å². The average Bonchev–Trinajstić information content (AvgIpc) is 3.05. The molecule has 1 aromatic carbocycles. The Bertz CT molecular complexity index is 745. The molecule has 0 saturated heterocycles. The first-order chi connectivity index (χ1) is 10.1. The summed E-state index contributed by atoms with van der Waals surface area (Å²) in [7, 11) is 1.88. The monoisotopic (exact) mass is 303 g/mol. The number of fused-ring (bicyclic) bond motifs is 1. The molecule has 3 rings (SSSR count). The van der Waals surface area contributed by atoms with Crippen molar-refractivity contribution in [1.29, 1.82) is 0 Å². The van der Waals surface area contributed by atoms with E-state index in [9.17, 15) is 0 Å². The summed E-state index contributed by atoms with van der Waals surface area (Å²) in [6, 6.07) is 8.26. The minimum atomic E-state index is 0.190. The summed E-state index contributed by atoms with van der Waals surface area (Å²) < 4.78 is 3.94. The molecule has 0 saturated carbocycles. The summed E-state index contributed by atoms with van der Waals surface area (Å²) in [4.78, 5) is 0. The van der Waals surface area contributed by atoms with Crippen molar-refractivity contribution in [3.8, 4) is 0 Å². The van der Waals surface area contributed by atoms with Crippen LogP contribution in [0.3, 0.4) is 0 Å². The van der Waals surface area contributed by atoms with E-state index >= 15 is 0 Å². The second-order valence-corrected chi connectivity index (χ2v) is 5.64. The minimum Gasteiger partial charge on any atom is -0.346 e. The van der Waals surface area contributed by atoms with E-state index in [2.05, 4.69) is 45.4 Å². The Kier molecular flexibility index (Phi) is 3.94. The zero-order valence-electron chi connectivity index (χ0n) is 12.1. The number of benzene rings is 1. The lowest BCUT2D eigenvalue weighted by Gasteiger charge is -2.12. The molecule has 0 radical (unpaired) electrons. The number of hydrogen-bond acceptors (Lipinski definition) is 3. The fraction of sp³-hybridized carbons (Fsp3) is 0.333. The molecule has 5 nitrogen and oxygen atoms in total. The molecule has 1 atom stereocenters. The summed E-state index contributed by atoms with van der Waals surface area (Å²) in [5, 5.41) is 13.5.